The molecule has 0 unspecified atom stereocenters. The Morgan fingerprint density at radius 2 is 0.684 bits per heavy atom. The molecule has 14 heteroatoms. The molecule has 0 saturated carbocycles. The van der Waals surface area contributed by atoms with Crippen LogP contribution in [-0.2, 0) is 78.5 Å². The summed E-state index contributed by atoms with van der Waals surface area (Å²) in [6, 6.07) is 63.9. The third-order valence-electron chi connectivity index (χ3n) is 12.8. The number of rotatable bonds is 23. The molecule has 7 aromatic carbocycles. The summed E-state index contributed by atoms with van der Waals surface area (Å²) < 4.78 is 72.2. The van der Waals surface area contributed by atoms with E-state index in [1.165, 1.54) is 7.11 Å². The summed E-state index contributed by atoms with van der Waals surface area (Å²) in [4.78, 5) is 42.3. The lowest BCUT2D eigenvalue weighted by Gasteiger charge is -2.47. The first-order chi connectivity index (χ1) is 37.4. The van der Waals surface area contributed by atoms with Crippen LogP contribution >= 0.6 is 0 Å². The minimum absolute atomic E-state index is 0.0553. The maximum absolute atomic E-state index is 14.2. The maximum Gasteiger partial charge on any atom is 0.338 e. The van der Waals surface area contributed by atoms with Crippen molar-refractivity contribution >= 4 is 17.9 Å². The van der Waals surface area contributed by atoms with Crippen LogP contribution in [0.3, 0.4) is 0 Å². The summed E-state index contributed by atoms with van der Waals surface area (Å²) in [6.45, 7) is 0.495. The number of carbonyl (C=O) groups is 3. The first-order valence-corrected chi connectivity index (χ1v) is 25.2. The molecule has 0 aliphatic carbocycles. The molecule has 7 aromatic rings. The quantitative estimate of drug-likeness (QED) is 0.0441. The van der Waals surface area contributed by atoms with Crippen LogP contribution in [-0.4, -0.2) is 99.6 Å². The van der Waals surface area contributed by atoms with Gasteiger partial charge in [0.15, 0.2) is 30.9 Å². The molecule has 2 saturated heterocycles. The molecule has 0 spiro atoms. The summed E-state index contributed by atoms with van der Waals surface area (Å²) in [7, 11) is 1.36. The Morgan fingerprint density at radius 3 is 1.12 bits per heavy atom. The van der Waals surface area contributed by atoms with Crippen molar-refractivity contribution < 1.29 is 66.5 Å². The van der Waals surface area contributed by atoms with Gasteiger partial charge in [0.2, 0.25) is 0 Å². The number of carbonyl (C=O) groups excluding carboxylic acids is 3. The summed E-state index contributed by atoms with van der Waals surface area (Å²) in [6.07, 6.45) is -11.7. The fourth-order valence-electron chi connectivity index (χ4n) is 8.97. The third kappa shape index (κ3) is 14.5. The molecule has 0 N–H and O–H groups in total. The zero-order valence-corrected chi connectivity index (χ0v) is 41.9. The van der Waals surface area contributed by atoms with E-state index in [0.29, 0.717) is 0 Å². The van der Waals surface area contributed by atoms with Gasteiger partial charge in [0, 0.05) is 7.11 Å². The molecular weight excluding hydrogens is 969 g/mol. The van der Waals surface area contributed by atoms with Gasteiger partial charge >= 0.3 is 17.9 Å². The molecule has 9 rings (SSSR count). The number of methoxy groups -OCH3 is 1. The molecule has 2 aliphatic heterocycles. The highest BCUT2D eigenvalue weighted by Gasteiger charge is 2.55. The fraction of sp³-hybridized carbons (Fsp3) is 0.274. The van der Waals surface area contributed by atoms with Crippen molar-refractivity contribution in [2.45, 2.75) is 87.8 Å². The smallest absolute Gasteiger partial charge is 0.338 e. The minimum atomic E-state index is -1.52. The Balaban J connectivity index is 1.08. The monoisotopic (exact) mass is 1030 g/mol. The summed E-state index contributed by atoms with van der Waals surface area (Å²) >= 11 is 0. The van der Waals surface area contributed by atoms with Gasteiger partial charge in [-0.15, -0.1) is 0 Å². The van der Waals surface area contributed by atoms with Crippen LogP contribution in [0.2, 0.25) is 0 Å². The second-order valence-electron chi connectivity index (χ2n) is 18.1. The Morgan fingerprint density at radius 1 is 0.342 bits per heavy atom. The summed E-state index contributed by atoms with van der Waals surface area (Å²) in [5.74, 6) is -2.32. The van der Waals surface area contributed by atoms with E-state index in [1.54, 1.807) is 91.0 Å². The van der Waals surface area contributed by atoms with Crippen molar-refractivity contribution in [3.05, 3.63) is 251 Å². The average Bonchev–Trinajstić information content (AvgIpc) is 3.48. The lowest BCUT2D eigenvalue weighted by molar-refractivity contribution is -0.343. The first kappa shape index (κ1) is 53.5. The largest absolute Gasteiger partial charge is 0.452 e. The van der Waals surface area contributed by atoms with Crippen molar-refractivity contribution in [1.29, 1.82) is 0 Å². The van der Waals surface area contributed by atoms with Crippen LogP contribution < -0.4 is 0 Å². The zero-order chi connectivity index (χ0) is 52.3. The van der Waals surface area contributed by atoms with Gasteiger partial charge in [-0.25, -0.2) is 14.4 Å². The number of benzene rings is 7. The Bertz CT molecular complexity index is 2830. The Hall–Kier alpha value is -7.37. The molecule has 10 atom stereocenters. The van der Waals surface area contributed by atoms with Gasteiger partial charge in [-0.05, 0) is 58.7 Å². The summed E-state index contributed by atoms with van der Waals surface area (Å²) in [5, 5.41) is 0. The molecule has 0 bridgehead atoms. The third-order valence-corrected chi connectivity index (χ3v) is 12.8. The van der Waals surface area contributed by atoms with Crippen LogP contribution in [0.5, 0.6) is 0 Å². The van der Waals surface area contributed by atoms with Crippen LogP contribution in [0, 0.1) is 0 Å². The van der Waals surface area contributed by atoms with Gasteiger partial charge in [-0.1, -0.05) is 176 Å². The van der Waals surface area contributed by atoms with Crippen LogP contribution in [0.1, 0.15) is 53.3 Å². The van der Waals surface area contributed by atoms with Gasteiger partial charge in [-0.2, -0.15) is 0 Å². The highest BCUT2D eigenvalue weighted by Crippen LogP contribution is 2.35. The topological polar surface area (TPSA) is 153 Å². The lowest BCUT2D eigenvalue weighted by Crippen LogP contribution is -2.64. The molecule has 0 radical (unpaired) electrons. The predicted octanol–water partition coefficient (Wildman–Crippen LogP) is 9.75. The van der Waals surface area contributed by atoms with Crippen molar-refractivity contribution in [2.75, 3.05) is 20.3 Å². The molecule has 14 nitrogen and oxygen atoms in total. The number of hydrogen-bond donors (Lipinski definition) is 0. The van der Waals surface area contributed by atoms with E-state index >= 15 is 0 Å². The van der Waals surface area contributed by atoms with Crippen molar-refractivity contribution in [2.24, 2.45) is 0 Å². The molecule has 76 heavy (non-hydrogen) atoms. The molecular formula is C62H60O14. The van der Waals surface area contributed by atoms with Crippen molar-refractivity contribution in [3.8, 4) is 0 Å². The van der Waals surface area contributed by atoms with Gasteiger partial charge in [0.25, 0.3) is 0 Å². The van der Waals surface area contributed by atoms with Gasteiger partial charge in [0.1, 0.15) is 30.5 Å². The van der Waals surface area contributed by atoms with Crippen LogP contribution in [0.4, 0.5) is 0 Å². The number of esters is 3. The van der Waals surface area contributed by atoms with E-state index in [-0.39, 0.29) is 56.3 Å². The second kappa shape index (κ2) is 27.4. The molecule has 0 aromatic heterocycles. The zero-order valence-electron chi connectivity index (χ0n) is 41.9. The number of ether oxygens (including phenoxy) is 11. The van der Waals surface area contributed by atoms with Crippen LogP contribution in [0.25, 0.3) is 0 Å². The van der Waals surface area contributed by atoms with Crippen LogP contribution in [0.15, 0.2) is 212 Å². The second-order valence-corrected chi connectivity index (χ2v) is 18.1. The minimum Gasteiger partial charge on any atom is -0.452 e. The molecule has 2 heterocycles. The van der Waals surface area contributed by atoms with E-state index in [2.05, 4.69) is 0 Å². The maximum atomic E-state index is 14.2. The molecule has 2 aliphatic rings. The van der Waals surface area contributed by atoms with E-state index in [4.69, 9.17) is 52.1 Å². The van der Waals surface area contributed by atoms with E-state index < -0.39 is 79.3 Å². The average molecular weight is 1030 g/mol. The van der Waals surface area contributed by atoms with Gasteiger partial charge in [-0.3, -0.25) is 0 Å². The highest BCUT2D eigenvalue weighted by atomic mass is 16.8. The van der Waals surface area contributed by atoms with Crippen molar-refractivity contribution in [1.82, 2.24) is 0 Å². The van der Waals surface area contributed by atoms with E-state index in [9.17, 15) is 14.4 Å². The fourth-order valence-corrected chi connectivity index (χ4v) is 8.97. The normalized spacial score (nSPS) is 23.2. The molecule has 392 valence electrons. The van der Waals surface area contributed by atoms with E-state index in [0.717, 1.165) is 22.3 Å². The molecule has 0 amide bonds. The first-order valence-electron chi connectivity index (χ1n) is 25.2. The van der Waals surface area contributed by atoms with Crippen molar-refractivity contribution in [3.63, 3.8) is 0 Å². The predicted molar refractivity (Wildman–Crippen MR) is 278 cm³/mol. The Labute approximate surface area is 442 Å². The lowest BCUT2D eigenvalue weighted by atomic mass is 9.96. The van der Waals surface area contributed by atoms with E-state index in [1.807, 2.05) is 121 Å². The molecule has 2 fully saturated rings. The van der Waals surface area contributed by atoms with Gasteiger partial charge < -0.3 is 52.1 Å². The SMILES string of the molecule is CO[C@H]1O[C@H](CO[C@H]2O[C@H](COCc3ccccc3)[C@H](OCc3ccccc3)[C@H](OCc3ccccc3)[C@H]2OCc2ccccc2)[C@H](OC(=O)c2ccccc2)[C@H](OC(=O)c2ccccc2)[C@H]1OC(=O)c1ccccc1. The Kier molecular flexibility index (Phi) is 19.3. The van der Waals surface area contributed by atoms with Gasteiger partial charge in [0.05, 0.1) is 56.3 Å². The highest BCUT2D eigenvalue weighted by molar-refractivity contribution is 5.91. The number of hydrogen-bond acceptors (Lipinski definition) is 14. The standard InChI is InChI=1S/C62H60O14/c1-66-61-57(76-60(65)49-35-21-8-22-36-49)55(75-59(64)48-33-19-7-20-34-48)53(74-58(63)47-31-17-6-18-32-47)51(72-61)42-71-62-56(70-40-46-29-15-5-16-30-46)54(69-39-45-27-13-4-14-28-45)52(68-38-44-25-11-3-12-26-44)50(73-62)41-67-37-43-23-9-2-10-24-43/h2-36,50-57,61-62H,37-42H2,1H3/t50-,51-,52+,53+,54+,55+,56-,57-,61+,62+/m1/s1. The summed E-state index contributed by atoms with van der Waals surface area (Å²) in [5.41, 5.74) is 4.28.